The highest BCUT2D eigenvalue weighted by molar-refractivity contribution is 7.86. The van der Waals surface area contributed by atoms with Crippen LogP contribution in [0, 0.1) is 0 Å². The third-order valence-corrected chi connectivity index (χ3v) is 9.92. The summed E-state index contributed by atoms with van der Waals surface area (Å²) in [5.74, 6) is 0.675. The van der Waals surface area contributed by atoms with Gasteiger partial charge in [-0.15, -0.1) is 0 Å². The SMILES string of the molecule is O=S(=O)(O)c1cc(Nc2nc(NCCCO)nc(Nc3ccccc3)n2)ccc1/C=C/c1ccc(Nc2nc(NCCCO)nc(Nc3ccccc3)n2)cc1S(=O)(=O)O. The van der Waals surface area contributed by atoms with E-state index in [1.165, 1.54) is 36.4 Å². The second kappa shape index (κ2) is 19.8. The molecule has 0 spiro atoms. The molecule has 22 heteroatoms. The molecule has 0 saturated carbocycles. The Kier molecular flexibility index (Phi) is 14.1. The molecule has 0 saturated heterocycles. The van der Waals surface area contributed by atoms with Gasteiger partial charge in [0.15, 0.2) is 0 Å². The summed E-state index contributed by atoms with van der Waals surface area (Å²) < 4.78 is 71.0. The second-order valence-corrected chi connectivity index (χ2v) is 15.4. The van der Waals surface area contributed by atoms with Crippen molar-refractivity contribution in [3.63, 3.8) is 0 Å². The summed E-state index contributed by atoms with van der Waals surface area (Å²) in [6, 6.07) is 26.2. The number of nitrogens with zero attached hydrogens (tertiary/aromatic N) is 6. The number of aliphatic hydroxyl groups excluding tert-OH is 2. The summed E-state index contributed by atoms with van der Waals surface area (Å²) in [5, 5.41) is 36.4. The lowest BCUT2D eigenvalue weighted by Crippen LogP contribution is -2.11. The van der Waals surface area contributed by atoms with Crippen molar-refractivity contribution in [2.45, 2.75) is 22.6 Å². The lowest BCUT2D eigenvalue weighted by molar-refractivity contribution is 0.292. The van der Waals surface area contributed by atoms with Gasteiger partial charge in [-0.1, -0.05) is 60.7 Å². The summed E-state index contributed by atoms with van der Waals surface area (Å²) >= 11 is 0. The molecule has 4 aromatic carbocycles. The van der Waals surface area contributed by atoms with Gasteiger partial charge in [-0.05, 0) is 72.5 Å². The van der Waals surface area contributed by atoms with Crippen molar-refractivity contribution in [2.75, 3.05) is 58.2 Å². The van der Waals surface area contributed by atoms with E-state index in [4.69, 9.17) is 0 Å². The number of benzene rings is 4. The Balaban J connectivity index is 1.26. The summed E-state index contributed by atoms with van der Waals surface area (Å²) in [4.78, 5) is 25.1. The van der Waals surface area contributed by atoms with Crippen LogP contribution >= 0.6 is 0 Å². The molecule has 0 aliphatic rings. The minimum atomic E-state index is -4.85. The van der Waals surface area contributed by atoms with Gasteiger partial charge in [0.1, 0.15) is 9.79 Å². The van der Waals surface area contributed by atoms with Crippen molar-refractivity contribution < 1.29 is 36.2 Å². The van der Waals surface area contributed by atoms with Crippen LogP contribution in [0.15, 0.2) is 107 Å². The Morgan fingerprint density at radius 2 is 0.783 bits per heavy atom. The third kappa shape index (κ3) is 12.3. The standard InChI is InChI=1S/C38H40N12O8S2/c51-21-7-19-39-33-45-35(41-27-9-3-1-4-10-27)49-37(47-33)43-29-17-15-25(31(23-29)59(53,54)55)13-14-26-16-18-30(24-32(26)60(56,57)58)44-38-48-34(40-20-8-22-52)46-36(50-38)42-28-11-5-2-6-12-28/h1-6,9-18,23-24,51-52H,7-8,19-22H2,(H,53,54,55)(H,56,57,58)(H3,39,41,43,45,47,49)(H3,40,42,44,46,48,50)/b14-13+. The summed E-state index contributed by atoms with van der Waals surface area (Å²) in [7, 11) is -9.70. The molecule has 2 heterocycles. The number of hydrogen-bond acceptors (Lipinski definition) is 18. The van der Waals surface area contributed by atoms with E-state index in [1.807, 2.05) is 36.4 Å². The molecule has 0 atom stereocenters. The van der Waals surface area contributed by atoms with Gasteiger partial charge in [0.2, 0.25) is 35.7 Å². The van der Waals surface area contributed by atoms with E-state index in [2.05, 4.69) is 61.8 Å². The van der Waals surface area contributed by atoms with Gasteiger partial charge in [-0.25, -0.2) is 0 Å². The topological polar surface area (TPSA) is 299 Å². The summed E-state index contributed by atoms with van der Waals surface area (Å²) in [6.07, 6.45) is 3.37. The van der Waals surface area contributed by atoms with Crippen molar-refractivity contribution in [3.8, 4) is 0 Å². The smallest absolute Gasteiger partial charge is 0.295 e. The average Bonchev–Trinajstić information content (AvgIpc) is 3.21. The molecular formula is C38H40N12O8S2. The molecule has 20 nitrogen and oxygen atoms in total. The van der Waals surface area contributed by atoms with Gasteiger partial charge < -0.3 is 42.1 Å². The maximum Gasteiger partial charge on any atom is 0.295 e. The molecule has 60 heavy (non-hydrogen) atoms. The fourth-order valence-electron chi connectivity index (χ4n) is 5.38. The molecular weight excluding hydrogens is 817 g/mol. The monoisotopic (exact) mass is 856 g/mol. The van der Waals surface area contributed by atoms with Crippen LogP contribution in [0.1, 0.15) is 24.0 Å². The van der Waals surface area contributed by atoms with Crippen LogP contribution in [0.5, 0.6) is 0 Å². The number of rotatable bonds is 20. The first kappa shape index (κ1) is 42.8. The number of hydrogen-bond donors (Lipinski definition) is 10. The van der Waals surface area contributed by atoms with Crippen LogP contribution in [0.25, 0.3) is 12.2 Å². The van der Waals surface area contributed by atoms with E-state index in [-0.39, 0.29) is 71.4 Å². The van der Waals surface area contributed by atoms with Gasteiger partial charge in [-0.3, -0.25) is 9.11 Å². The number of aliphatic hydroxyl groups is 2. The zero-order chi connectivity index (χ0) is 42.5. The maximum absolute atomic E-state index is 12.6. The number of anilines is 10. The zero-order valence-corrected chi connectivity index (χ0v) is 33.2. The van der Waals surface area contributed by atoms with Crippen molar-refractivity contribution in [2.24, 2.45) is 0 Å². The molecule has 0 radical (unpaired) electrons. The zero-order valence-electron chi connectivity index (χ0n) is 31.6. The van der Waals surface area contributed by atoms with Gasteiger partial charge in [0.25, 0.3) is 20.2 Å². The van der Waals surface area contributed by atoms with Crippen molar-refractivity contribution >= 4 is 90.8 Å². The highest BCUT2D eigenvalue weighted by Crippen LogP contribution is 2.29. The molecule has 6 rings (SSSR count). The van der Waals surface area contributed by atoms with Gasteiger partial charge in [0.05, 0.1) is 0 Å². The molecule has 2 aromatic heterocycles. The Hall–Kier alpha value is -6.82. The van der Waals surface area contributed by atoms with E-state index < -0.39 is 30.0 Å². The largest absolute Gasteiger partial charge is 0.396 e. The Morgan fingerprint density at radius 1 is 0.450 bits per heavy atom. The lowest BCUT2D eigenvalue weighted by atomic mass is 10.1. The molecule has 0 bridgehead atoms. The first-order valence-electron chi connectivity index (χ1n) is 18.2. The van der Waals surface area contributed by atoms with Crippen LogP contribution < -0.4 is 31.9 Å². The van der Waals surface area contributed by atoms with Gasteiger partial charge in [-0.2, -0.15) is 46.7 Å². The molecule has 0 unspecified atom stereocenters. The lowest BCUT2D eigenvalue weighted by Gasteiger charge is -2.13. The molecule has 0 fully saturated rings. The van der Waals surface area contributed by atoms with E-state index in [0.717, 1.165) is 12.1 Å². The summed E-state index contributed by atoms with van der Waals surface area (Å²) in [6.45, 7) is 0.602. The normalized spacial score (nSPS) is 11.6. The Bertz CT molecular complexity index is 2480. The molecule has 10 N–H and O–H groups in total. The first-order valence-corrected chi connectivity index (χ1v) is 21.1. The third-order valence-electron chi connectivity index (χ3n) is 8.10. The average molecular weight is 857 g/mol. The van der Waals surface area contributed by atoms with E-state index in [1.54, 1.807) is 24.3 Å². The molecule has 0 aliphatic carbocycles. The number of aromatic nitrogens is 6. The quantitative estimate of drug-likeness (QED) is 0.0265. The fraction of sp³-hybridized carbons (Fsp3) is 0.158. The van der Waals surface area contributed by atoms with Crippen molar-refractivity contribution in [3.05, 3.63) is 108 Å². The Labute approximate surface area is 344 Å². The van der Waals surface area contributed by atoms with E-state index >= 15 is 0 Å². The van der Waals surface area contributed by atoms with E-state index in [0.29, 0.717) is 37.3 Å². The molecule has 312 valence electrons. The predicted octanol–water partition coefficient (Wildman–Crippen LogP) is 5.28. The summed E-state index contributed by atoms with van der Waals surface area (Å²) in [5.41, 5.74) is 1.66. The number of para-hydroxylation sites is 2. The maximum atomic E-state index is 12.6. The number of nitrogens with one attached hydrogen (secondary N) is 6. The van der Waals surface area contributed by atoms with E-state index in [9.17, 15) is 36.2 Å². The van der Waals surface area contributed by atoms with Crippen LogP contribution in [-0.2, 0) is 20.2 Å². The fourth-order valence-corrected chi connectivity index (χ4v) is 6.80. The van der Waals surface area contributed by atoms with Crippen LogP contribution in [0.2, 0.25) is 0 Å². The van der Waals surface area contributed by atoms with Gasteiger partial charge >= 0.3 is 0 Å². The van der Waals surface area contributed by atoms with Crippen LogP contribution in [0.4, 0.5) is 58.4 Å². The Morgan fingerprint density at radius 3 is 1.12 bits per heavy atom. The molecule has 0 amide bonds. The van der Waals surface area contributed by atoms with Crippen molar-refractivity contribution in [1.82, 2.24) is 29.9 Å². The highest BCUT2D eigenvalue weighted by atomic mass is 32.2. The highest BCUT2D eigenvalue weighted by Gasteiger charge is 2.19. The van der Waals surface area contributed by atoms with Gasteiger partial charge in [0, 0.05) is 49.1 Å². The minimum Gasteiger partial charge on any atom is -0.396 e. The molecule has 6 aromatic rings. The first-order chi connectivity index (χ1) is 28.9. The minimum absolute atomic E-state index is 0.0148. The van der Waals surface area contributed by atoms with Crippen LogP contribution in [0.3, 0.4) is 0 Å². The second-order valence-electron chi connectivity index (χ2n) is 12.6. The van der Waals surface area contributed by atoms with Crippen LogP contribution in [-0.4, -0.2) is 92.4 Å². The van der Waals surface area contributed by atoms with Crippen molar-refractivity contribution in [1.29, 1.82) is 0 Å². The molecule has 0 aliphatic heterocycles. The predicted molar refractivity (Wildman–Crippen MR) is 227 cm³/mol.